The van der Waals surface area contributed by atoms with Gasteiger partial charge in [0.1, 0.15) is 0 Å². The fraction of sp³-hybridized carbons (Fsp3) is 0.462. The number of carboxylic acid groups (broad SMARTS) is 1. The van der Waals surface area contributed by atoms with Crippen molar-refractivity contribution in [2.45, 2.75) is 31.8 Å². The predicted octanol–water partition coefficient (Wildman–Crippen LogP) is 1.23. The van der Waals surface area contributed by atoms with Crippen LogP contribution in [0.3, 0.4) is 0 Å². The van der Waals surface area contributed by atoms with Gasteiger partial charge in [-0.1, -0.05) is 6.07 Å². The molecule has 0 atom stereocenters. The number of rotatable bonds is 6. The third-order valence-corrected chi connectivity index (χ3v) is 2.98. The van der Waals surface area contributed by atoms with Crippen LogP contribution in [0.4, 0.5) is 4.79 Å². The summed E-state index contributed by atoms with van der Waals surface area (Å²) in [4.78, 5) is 28.2. The van der Waals surface area contributed by atoms with Gasteiger partial charge in [0.05, 0.1) is 6.42 Å². The van der Waals surface area contributed by atoms with E-state index in [0.29, 0.717) is 6.54 Å². The number of hydrogen-bond acceptors (Lipinski definition) is 3. The summed E-state index contributed by atoms with van der Waals surface area (Å²) in [6.07, 6.45) is 5.27. The molecule has 1 aliphatic rings. The molecule has 102 valence electrons. The molecular weight excluding hydrogens is 246 g/mol. The minimum atomic E-state index is -0.884. The first-order valence-electron chi connectivity index (χ1n) is 6.32. The zero-order valence-corrected chi connectivity index (χ0v) is 10.6. The average Bonchev–Trinajstić information content (AvgIpc) is 3.22. The molecule has 2 rings (SSSR count). The van der Waals surface area contributed by atoms with Gasteiger partial charge in [0, 0.05) is 31.5 Å². The second kappa shape index (κ2) is 6.17. The van der Waals surface area contributed by atoms with Crippen LogP contribution in [0.2, 0.25) is 0 Å². The van der Waals surface area contributed by atoms with Gasteiger partial charge in [-0.05, 0) is 24.5 Å². The molecule has 2 N–H and O–H groups in total. The Kier molecular flexibility index (Phi) is 4.33. The van der Waals surface area contributed by atoms with Crippen LogP contribution in [0, 0.1) is 0 Å². The van der Waals surface area contributed by atoms with Gasteiger partial charge < -0.3 is 15.3 Å². The molecule has 1 saturated carbocycles. The van der Waals surface area contributed by atoms with Crippen LogP contribution in [0.25, 0.3) is 0 Å². The van der Waals surface area contributed by atoms with Crippen LogP contribution in [-0.2, 0) is 11.3 Å². The molecule has 1 heterocycles. The second-order valence-electron chi connectivity index (χ2n) is 4.59. The number of carbonyl (C=O) groups excluding carboxylic acids is 1. The molecule has 0 spiro atoms. The van der Waals surface area contributed by atoms with E-state index in [-0.39, 0.29) is 25.0 Å². The van der Waals surface area contributed by atoms with Crippen molar-refractivity contribution in [2.75, 3.05) is 6.54 Å². The maximum absolute atomic E-state index is 12.0. The first-order chi connectivity index (χ1) is 9.16. The Labute approximate surface area is 111 Å². The lowest BCUT2D eigenvalue weighted by molar-refractivity contribution is -0.137. The van der Waals surface area contributed by atoms with E-state index in [1.54, 1.807) is 17.3 Å². The number of carboxylic acids is 1. The summed E-state index contributed by atoms with van der Waals surface area (Å²) in [5, 5.41) is 11.5. The third kappa shape index (κ3) is 4.24. The molecule has 0 aliphatic heterocycles. The Hall–Kier alpha value is -2.11. The third-order valence-electron chi connectivity index (χ3n) is 2.98. The number of nitrogens with one attached hydrogen (secondary N) is 1. The molecular formula is C13H17N3O3. The predicted molar refractivity (Wildman–Crippen MR) is 68.5 cm³/mol. The molecule has 1 aromatic rings. The molecule has 2 amide bonds. The van der Waals surface area contributed by atoms with Crippen LogP contribution in [-0.4, -0.2) is 39.6 Å². The van der Waals surface area contributed by atoms with E-state index < -0.39 is 5.97 Å². The van der Waals surface area contributed by atoms with Gasteiger partial charge in [-0.2, -0.15) is 0 Å². The number of carbonyl (C=O) groups is 2. The fourth-order valence-corrected chi connectivity index (χ4v) is 1.83. The molecule has 0 saturated heterocycles. The summed E-state index contributed by atoms with van der Waals surface area (Å²) in [7, 11) is 0. The maximum Gasteiger partial charge on any atom is 0.317 e. The largest absolute Gasteiger partial charge is 0.481 e. The number of aliphatic carboxylic acids is 1. The summed E-state index contributed by atoms with van der Waals surface area (Å²) in [5.74, 6) is -0.884. The number of urea groups is 1. The Morgan fingerprint density at radius 3 is 2.84 bits per heavy atom. The van der Waals surface area contributed by atoms with Crippen molar-refractivity contribution in [1.82, 2.24) is 15.2 Å². The van der Waals surface area contributed by atoms with E-state index >= 15 is 0 Å². The molecule has 1 aliphatic carbocycles. The molecule has 6 nitrogen and oxygen atoms in total. The zero-order valence-electron chi connectivity index (χ0n) is 10.6. The van der Waals surface area contributed by atoms with Crippen molar-refractivity contribution < 1.29 is 14.7 Å². The summed E-state index contributed by atoms with van der Waals surface area (Å²) in [5.41, 5.74) is 0.921. The van der Waals surface area contributed by atoms with E-state index in [9.17, 15) is 9.59 Å². The lowest BCUT2D eigenvalue weighted by atomic mass is 10.3. The van der Waals surface area contributed by atoms with Crippen LogP contribution in [0.1, 0.15) is 24.8 Å². The summed E-state index contributed by atoms with van der Waals surface area (Å²) in [6, 6.07) is 3.69. The van der Waals surface area contributed by atoms with E-state index in [1.807, 2.05) is 12.1 Å². The molecule has 0 aromatic carbocycles. The van der Waals surface area contributed by atoms with Gasteiger partial charge in [-0.25, -0.2) is 4.79 Å². The molecule has 19 heavy (non-hydrogen) atoms. The lowest BCUT2D eigenvalue weighted by Crippen LogP contribution is -2.42. The van der Waals surface area contributed by atoms with E-state index in [4.69, 9.17) is 5.11 Å². The Morgan fingerprint density at radius 2 is 2.26 bits per heavy atom. The first kappa shape index (κ1) is 13.3. The van der Waals surface area contributed by atoms with E-state index in [2.05, 4.69) is 10.3 Å². The number of hydrogen-bond donors (Lipinski definition) is 2. The monoisotopic (exact) mass is 263 g/mol. The minimum Gasteiger partial charge on any atom is -0.481 e. The normalized spacial score (nSPS) is 13.9. The maximum atomic E-state index is 12.0. The van der Waals surface area contributed by atoms with Crippen LogP contribution < -0.4 is 5.32 Å². The van der Waals surface area contributed by atoms with Crippen molar-refractivity contribution >= 4 is 12.0 Å². The van der Waals surface area contributed by atoms with Gasteiger partial charge >= 0.3 is 12.0 Å². The Bertz CT molecular complexity index is 446. The number of pyridine rings is 1. The highest BCUT2D eigenvalue weighted by molar-refractivity contribution is 5.76. The van der Waals surface area contributed by atoms with Gasteiger partial charge in [0.2, 0.25) is 0 Å². The highest BCUT2D eigenvalue weighted by Crippen LogP contribution is 2.26. The smallest absolute Gasteiger partial charge is 0.317 e. The standard InChI is InChI=1S/C13H17N3O3/c17-12(18)5-7-16(11-3-4-11)13(19)15-9-10-2-1-6-14-8-10/h1-2,6,8,11H,3-5,7,9H2,(H,15,19)(H,17,18). The number of nitrogens with zero attached hydrogens (tertiary/aromatic N) is 2. The number of aromatic nitrogens is 1. The number of amides is 2. The first-order valence-corrected chi connectivity index (χ1v) is 6.32. The second-order valence-corrected chi connectivity index (χ2v) is 4.59. The van der Waals surface area contributed by atoms with Crippen molar-refractivity contribution in [3.63, 3.8) is 0 Å². The lowest BCUT2D eigenvalue weighted by Gasteiger charge is -2.22. The van der Waals surface area contributed by atoms with Crippen LogP contribution in [0.5, 0.6) is 0 Å². The minimum absolute atomic E-state index is 0.0171. The van der Waals surface area contributed by atoms with Crippen molar-refractivity contribution in [3.8, 4) is 0 Å². The van der Waals surface area contributed by atoms with Gasteiger partial charge in [0.15, 0.2) is 0 Å². The summed E-state index contributed by atoms with van der Waals surface area (Å²) >= 11 is 0. The fourth-order valence-electron chi connectivity index (χ4n) is 1.83. The van der Waals surface area contributed by atoms with Crippen molar-refractivity contribution in [1.29, 1.82) is 0 Å². The van der Waals surface area contributed by atoms with E-state index in [1.165, 1.54) is 0 Å². The molecule has 0 bridgehead atoms. The highest BCUT2D eigenvalue weighted by Gasteiger charge is 2.32. The molecule has 6 heteroatoms. The highest BCUT2D eigenvalue weighted by atomic mass is 16.4. The van der Waals surface area contributed by atoms with Crippen LogP contribution in [0.15, 0.2) is 24.5 Å². The Balaban J connectivity index is 1.83. The summed E-state index contributed by atoms with van der Waals surface area (Å²) < 4.78 is 0. The van der Waals surface area contributed by atoms with Crippen molar-refractivity contribution in [3.05, 3.63) is 30.1 Å². The Morgan fingerprint density at radius 1 is 1.47 bits per heavy atom. The quantitative estimate of drug-likeness (QED) is 0.808. The SMILES string of the molecule is O=C(O)CCN(C(=O)NCc1cccnc1)C1CC1. The average molecular weight is 263 g/mol. The molecule has 0 radical (unpaired) electrons. The zero-order chi connectivity index (χ0) is 13.7. The van der Waals surface area contributed by atoms with E-state index in [0.717, 1.165) is 18.4 Å². The molecule has 1 aromatic heterocycles. The summed E-state index contributed by atoms with van der Waals surface area (Å²) in [6.45, 7) is 0.668. The van der Waals surface area contributed by atoms with Crippen LogP contribution >= 0.6 is 0 Å². The van der Waals surface area contributed by atoms with Gasteiger partial charge in [-0.3, -0.25) is 9.78 Å². The van der Waals surface area contributed by atoms with Gasteiger partial charge in [-0.15, -0.1) is 0 Å². The molecule has 1 fully saturated rings. The van der Waals surface area contributed by atoms with Gasteiger partial charge in [0.25, 0.3) is 0 Å². The van der Waals surface area contributed by atoms with Crippen molar-refractivity contribution in [2.24, 2.45) is 0 Å². The topological polar surface area (TPSA) is 82.5 Å². The molecule has 0 unspecified atom stereocenters.